The van der Waals surface area contributed by atoms with E-state index in [4.69, 9.17) is 4.74 Å². The van der Waals surface area contributed by atoms with E-state index in [0.717, 1.165) is 5.56 Å². The number of pyridine rings is 1. The molecule has 0 unspecified atom stereocenters. The zero-order chi connectivity index (χ0) is 25.3. The van der Waals surface area contributed by atoms with Gasteiger partial charge in [-0.2, -0.15) is 0 Å². The van der Waals surface area contributed by atoms with Gasteiger partial charge in [0, 0.05) is 11.7 Å². The number of carboxylic acid groups (broad SMARTS) is 1. The van der Waals surface area contributed by atoms with Gasteiger partial charge in [-0.3, -0.25) is 29.2 Å². The van der Waals surface area contributed by atoms with Crippen LogP contribution < -0.4 is 4.90 Å². The third-order valence-electron chi connectivity index (χ3n) is 5.51. The smallest absolute Gasteiger partial charge is 0.323 e. The summed E-state index contributed by atoms with van der Waals surface area (Å²) in [4.78, 5) is 45.4. The molecular formula is C26H35N3O5. The molecule has 0 radical (unpaired) electrons. The summed E-state index contributed by atoms with van der Waals surface area (Å²) < 4.78 is 5.40. The SMILES string of the molecule is CCOC(=O)[C@H](CCc1ccccc1)N([C@@H](C)C(=O)N(CC(=O)O)c1cccnc1)C(C)(C)C. The van der Waals surface area contributed by atoms with Crippen LogP contribution >= 0.6 is 0 Å². The number of hydrogen-bond acceptors (Lipinski definition) is 6. The number of nitrogens with zero attached hydrogens (tertiary/aromatic N) is 3. The number of carboxylic acids is 1. The van der Waals surface area contributed by atoms with E-state index in [2.05, 4.69) is 4.98 Å². The first kappa shape index (κ1) is 27.0. The van der Waals surface area contributed by atoms with E-state index in [0.29, 0.717) is 18.5 Å². The van der Waals surface area contributed by atoms with E-state index in [1.165, 1.54) is 11.1 Å². The monoisotopic (exact) mass is 469 g/mol. The van der Waals surface area contributed by atoms with Gasteiger partial charge in [0.2, 0.25) is 5.91 Å². The average Bonchev–Trinajstić information content (AvgIpc) is 2.79. The average molecular weight is 470 g/mol. The summed E-state index contributed by atoms with van der Waals surface area (Å²) in [5.41, 5.74) is 0.868. The maximum atomic E-state index is 13.7. The van der Waals surface area contributed by atoms with Crippen molar-refractivity contribution in [2.45, 2.75) is 65.1 Å². The van der Waals surface area contributed by atoms with Crippen molar-refractivity contribution in [1.29, 1.82) is 0 Å². The molecule has 1 N–H and O–H groups in total. The normalized spacial score (nSPS) is 13.2. The lowest BCUT2D eigenvalue weighted by Crippen LogP contribution is -2.61. The number of benzene rings is 1. The van der Waals surface area contributed by atoms with Gasteiger partial charge in [0.25, 0.3) is 0 Å². The van der Waals surface area contributed by atoms with E-state index in [-0.39, 0.29) is 6.61 Å². The lowest BCUT2D eigenvalue weighted by atomic mass is 9.95. The van der Waals surface area contributed by atoms with Crippen molar-refractivity contribution >= 4 is 23.5 Å². The fraction of sp³-hybridized carbons (Fsp3) is 0.462. The number of amides is 1. The molecule has 0 saturated heterocycles. The Morgan fingerprint density at radius 2 is 1.76 bits per heavy atom. The Morgan fingerprint density at radius 3 is 2.29 bits per heavy atom. The highest BCUT2D eigenvalue weighted by Gasteiger charge is 2.41. The summed E-state index contributed by atoms with van der Waals surface area (Å²) in [6.45, 7) is 8.95. The van der Waals surface area contributed by atoms with Crippen LogP contribution in [0.25, 0.3) is 0 Å². The Balaban J connectivity index is 2.42. The maximum absolute atomic E-state index is 13.7. The number of rotatable bonds is 11. The lowest BCUT2D eigenvalue weighted by molar-refractivity contribution is -0.155. The van der Waals surface area contributed by atoms with Gasteiger partial charge in [0.05, 0.1) is 24.5 Å². The molecule has 34 heavy (non-hydrogen) atoms. The van der Waals surface area contributed by atoms with Crippen LogP contribution in [-0.2, 0) is 25.5 Å². The summed E-state index contributed by atoms with van der Waals surface area (Å²) in [5.74, 6) is -1.98. The molecule has 2 aromatic rings. The van der Waals surface area contributed by atoms with Gasteiger partial charge in [0.1, 0.15) is 12.6 Å². The minimum atomic E-state index is -1.14. The van der Waals surface area contributed by atoms with Crippen LogP contribution in [-0.4, -0.2) is 63.6 Å². The summed E-state index contributed by atoms with van der Waals surface area (Å²) in [6, 6.07) is 11.6. The minimum Gasteiger partial charge on any atom is -0.480 e. The summed E-state index contributed by atoms with van der Waals surface area (Å²) >= 11 is 0. The van der Waals surface area contributed by atoms with Crippen molar-refractivity contribution in [1.82, 2.24) is 9.88 Å². The van der Waals surface area contributed by atoms with Crippen molar-refractivity contribution in [2.75, 3.05) is 18.1 Å². The Morgan fingerprint density at radius 1 is 1.09 bits per heavy atom. The fourth-order valence-electron chi connectivity index (χ4n) is 4.17. The standard InChI is InChI=1S/C26H35N3O5/c1-6-34-25(33)22(15-14-20-11-8-7-9-12-20)29(26(3,4)5)19(2)24(32)28(18-23(30)31)21-13-10-16-27-17-21/h7-13,16-17,19,22H,6,14-15,18H2,1-5H3,(H,30,31)/t19-,22-/m0/s1. The predicted molar refractivity (Wildman–Crippen MR) is 130 cm³/mol. The first-order chi connectivity index (χ1) is 16.1. The van der Waals surface area contributed by atoms with Gasteiger partial charge in [0.15, 0.2) is 0 Å². The molecule has 2 atom stereocenters. The second kappa shape index (κ2) is 12.3. The van der Waals surface area contributed by atoms with Gasteiger partial charge >= 0.3 is 11.9 Å². The molecule has 8 nitrogen and oxygen atoms in total. The van der Waals surface area contributed by atoms with E-state index < -0.39 is 42.0 Å². The molecule has 1 aromatic heterocycles. The number of carbonyl (C=O) groups is 3. The molecule has 0 aliphatic heterocycles. The first-order valence-electron chi connectivity index (χ1n) is 11.5. The van der Waals surface area contributed by atoms with E-state index in [9.17, 15) is 19.5 Å². The van der Waals surface area contributed by atoms with Gasteiger partial charge in [-0.25, -0.2) is 0 Å². The molecule has 0 aliphatic rings. The Bertz CT molecular complexity index is 944. The maximum Gasteiger partial charge on any atom is 0.323 e. The van der Waals surface area contributed by atoms with Gasteiger partial charge in [-0.1, -0.05) is 30.3 Å². The third-order valence-corrected chi connectivity index (χ3v) is 5.51. The van der Waals surface area contributed by atoms with Gasteiger partial charge in [-0.05, 0) is 65.2 Å². The predicted octanol–water partition coefficient (Wildman–Crippen LogP) is 3.55. The van der Waals surface area contributed by atoms with Crippen LogP contribution in [0.5, 0.6) is 0 Å². The molecule has 1 heterocycles. The summed E-state index contributed by atoms with van der Waals surface area (Å²) in [6.07, 6.45) is 4.08. The number of aryl methyl sites for hydroxylation is 1. The fourth-order valence-corrected chi connectivity index (χ4v) is 4.17. The molecule has 0 aliphatic carbocycles. The van der Waals surface area contributed by atoms with E-state index in [1.807, 2.05) is 56.0 Å². The molecule has 8 heteroatoms. The van der Waals surface area contributed by atoms with Crippen molar-refractivity contribution in [2.24, 2.45) is 0 Å². The minimum absolute atomic E-state index is 0.224. The van der Waals surface area contributed by atoms with Crippen LogP contribution in [0.2, 0.25) is 0 Å². The number of aliphatic carboxylic acids is 1. The topological polar surface area (TPSA) is 100 Å². The van der Waals surface area contributed by atoms with Crippen LogP contribution in [0.1, 0.15) is 46.6 Å². The second-order valence-corrected chi connectivity index (χ2v) is 9.08. The molecular weight excluding hydrogens is 434 g/mol. The highest BCUT2D eigenvalue weighted by atomic mass is 16.5. The van der Waals surface area contributed by atoms with Gasteiger partial charge in [-0.15, -0.1) is 0 Å². The molecule has 0 bridgehead atoms. The number of carbonyl (C=O) groups excluding carboxylic acids is 2. The van der Waals surface area contributed by atoms with Crippen LogP contribution in [0.15, 0.2) is 54.9 Å². The number of ether oxygens (including phenoxy) is 1. The van der Waals surface area contributed by atoms with Crippen molar-refractivity contribution in [3.8, 4) is 0 Å². The van der Waals surface area contributed by atoms with Crippen LogP contribution in [0, 0.1) is 0 Å². The molecule has 0 spiro atoms. The Kier molecular flexibility index (Phi) is 9.74. The van der Waals surface area contributed by atoms with Gasteiger partial charge < -0.3 is 9.84 Å². The third kappa shape index (κ3) is 7.38. The number of esters is 1. The van der Waals surface area contributed by atoms with Crippen molar-refractivity contribution < 1.29 is 24.2 Å². The lowest BCUT2D eigenvalue weighted by Gasteiger charge is -2.44. The molecule has 184 valence electrons. The largest absolute Gasteiger partial charge is 0.480 e. The molecule has 1 amide bonds. The zero-order valence-corrected chi connectivity index (χ0v) is 20.6. The highest BCUT2D eigenvalue weighted by molar-refractivity contribution is 6.00. The molecule has 2 rings (SSSR count). The number of anilines is 1. The Labute approximate surface area is 201 Å². The molecule has 0 fully saturated rings. The Hall–Kier alpha value is -3.26. The highest BCUT2D eigenvalue weighted by Crippen LogP contribution is 2.27. The van der Waals surface area contributed by atoms with Crippen LogP contribution in [0.3, 0.4) is 0 Å². The second-order valence-electron chi connectivity index (χ2n) is 9.08. The number of aromatic nitrogens is 1. The first-order valence-corrected chi connectivity index (χ1v) is 11.5. The van der Waals surface area contributed by atoms with E-state index >= 15 is 0 Å². The van der Waals surface area contributed by atoms with Crippen molar-refractivity contribution in [3.05, 3.63) is 60.4 Å². The number of hydrogen-bond donors (Lipinski definition) is 1. The molecule has 1 aromatic carbocycles. The van der Waals surface area contributed by atoms with E-state index in [1.54, 1.807) is 32.2 Å². The quantitative estimate of drug-likeness (QED) is 0.502. The summed E-state index contributed by atoms with van der Waals surface area (Å²) in [5, 5.41) is 9.45. The summed E-state index contributed by atoms with van der Waals surface area (Å²) in [7, 11) is 0. The van der Waals surface area contributed by atoms with Crippen LogP contribution in [0.4, 0.5) is 5.69 Å². The van der Waals surface area contributed by atoms with Crippen molar-refractivity contribution in [3.63, 3.8) is 0 Å². The molecule has 0 saturated carbocycles. The zero-order valence-electron chi connectivity index (χ0n) is 20.6.